The van der Waals surface area contributed by atoms with Gasteiger partial charge in [0.05, 0.1) is 7.11 Å². The molecule has 31 heavy (non-hydrogen) atoms. The van der Waals surface area contributed by atoms with E-state index in [-0.39, 0.29) is 24.5 Å². The number of nitrogens with zero attached hydrogens (tertiary/aromatic N) is 1. The Balaban J connectivity index is 1.30. The van der Waals surface area contributed by atoms with Gasteiger partial charge in [-0.05, 0) is 50.1 Å². The smallest absolute Gasteiger partial charge is 0.246 e. The van der Waals surface area contributed by atoms with Gasteiger partial charge >= 0.3 is 0 Å². The maximum absolute atomic E-state index is 12.6. The number of methoxy groups -OCH3 is 1. The molecule has 0 aromatic heterocycles. The van der Waals surface area contributed by atoms with Crippen molar-refractivity contribution in [3.05, 3.63) is 53.6 Å². The van der Waals surface area contributed by atoms with E-state index >= 15 is 0 Å². The first-order chi connectivity index (χ1) is 15.0. The van der Waals surface area contributed by atoms with Gasteiger partial charge in [0, 0.05) is 42.4 Å². The molecule has 2 aromatic carbocycles. The van der Waals surface area contributed by atoms with Crippen LogP contribution in [0.25, 0.3) is 6.08 Å². The van der Waals surface area contributed by atoms with Crippen molar-refractivity contribution in [3.63, 3.8) is 0 Å². The van der Waals surface area contributed by atoms with E-state index in [1.54, 1.807) is 42.4 Å². The lowest BCUT2D eigenvalue weighted by Crippen LogP contribution is -2.40. The number of amides is 2. The van der Waals surface area contributed by atoms with E-state index < -0.39 is 0 Å². The summed E-state index contributed by atoms with van der Waals surface area (Å²) in [5.41, 5.74) is 2.65. The molecule has 0 bridgehead atoms. The lowest BCUT2D eigenvalue weighted by atomic mass is 9.95. The molecule has 0 saturated carbocycles. The lowest BCUT2D eigenvalue weighted by Gasteiger charge is -2.30. The van der Waals surface area contributed by atoms with Gasteiger partial charge in [-0.25, -0.2) is 0 Å². The Morgan fingerprint density at radius 3 is 2.65 bits per heavy atom. The number of aryl methyl sites for hydroxylation is 1. The highest BCUT2D eigenvalue weighted by Gasteiger charge is 2.27. The quantitative estimate of drug-likeness (QED) is 0.745. The number of ether oxygens (including phenoxy) is 3. The number of benzene rings is 2. The predicted molar refractivity (Wildman–Crippen MR) is 117 cm³/mol. The van der Waals surface area contributed by atoms with Crippen molar-refractivity contribution in [1.82, 2.24) is 4.90 Å². The maximum atomic E-state index is 12.6. The van der Waals surface area contributed by atoms with Gasteiger partial charge in [0.1, 0.15) is 5.75 Å². The van der Waals surface area contributed by atoms with Crippen molar-refractivity contribution >= 4 is 23.6 Å². The number of piperidine rings is 1. The van der Waals surface area contributed by atoms with Gasteiger partial charge in [0.25, 0.3) is 0 Å². The Morgan fingerprint density at radius 2 is 1.87 bits per heavy atom. The highest BCUT2D eigenvalue weighted by Crippen LogP contribution is 2.34. The number of carbonyl (C=O) groups excluding carboxylic acids is 2. The largest absolute Gasteiger partial charge is 0.496 e. The Labute approximate surface area is 181 Å². The zero-order valence-corrected chi connectivity index (χ0v) is 17.7. The summed E-state index contributed by atoms with van der Waals surface area (Å²) in [6.07, 6.45) is 4.62. The lowest BCUT2D eigenvalue weighted by molar-refractivity contribution is -0.130. The minimum absolute atomic E-state index is 0.0361. The molecule has 1 fully saturated rings. The van der Waals surface area contributed by atoms with E-state index in [0.717, 1.165) is 16.9 Å². The van der Waals surface area contributed by atoms with Crippen molar-refractivity contribution in [2.75, 3.05) is 32.3 Å². The van der Waals surface area contributed by atoms with Crippen LogP contribution in [0.15, 0.2) is 42.5 Å². The van der Waals surface area contributed by atoms with Crippen LogP contribution in [0.4, 0.5) is 5.69 Å². The molecule has 0 unspecified atom stereocenters. The fraction of sp³-hybridized carbons (Fsp3) is 0.333. The van der Waals surface area contributed by atoms with Crippen LogP contribution < -0.4 is 19.5 Å². The zero-order valence-electron chi connectivity index (χ0n) is 17.7. The van der Waals surface area contributed by atoms with Crippen molar-refractivity contribution in [1.29, 1.82) is 0 Å². The van der Waals surface area contributed by atoms with E-state index in [1.807, 2.05) is 25.1 Å². The Bertz CT molecular complexity index is 1010. The van der Waals surface area contributed by atoms with Gasteiger partial charge in [-0.2, -0.15) is 0 Å². The van der Waals surface area contributed by atoms with Crippen LogP contribution in [0.1, 0.15) is 24.0 Å². The minimum atomic E-state index is -0.129. The average Bonchev–Trinajstić information content (AvgIpc) is 3.25. The van der Waals surface area contributed by atoms with Gasteiger partial charge in [-0.3, -0.25) is 9.59 Å². The third kappa shape index (κ3) is 4.82. The third-order valence-corrected chi connectivity index (χ3v) is 5.61. The SMILES string of the molecule is COc1ccc(C)cc1C=CC(=O)N1CCC(C(=O)Nc2ccc3c(c2)OCO3)CC1. The molecule has 1 saturated heterocycles. The summed E-state index contributed by atoms with van der Waals surface area (Å²) in [5, 5.41) is 2.94. The molecular formula is C24H26N2O5. The highest BCUT2D eigenvalue weighted by atomic mass is 16.7. The van der Waals surface area contributed by atoms with Crippen LogP contribution in [0.5, 0.6) is 17.2 Å². The molecule has 0 atom stereocenters. The molecule has 0 radical (unpaired) electrons. The summed E-state index contributed by atoms with van der Waals surface area (Å²) in [6, 6.07) is 11.2. The van der Waals surface area contributed by atoms with Gasteiger partial charge in [-0.15, -0.1) is 0 Å². The van der Waals surface area contributed by atoms with Crippen LogP contribution >= 0.6 is 0 Å². The molecule has 2 aromatic rings. The molecule has 2 aliphatic rings. The van der Waals surface area contributed by atoms with Crippen LogP contribution in [0.3, 0.4) is 0 Å². The van der Waals surface area contributed by atoms with Crippen LogP contribution in [-0.2, 0) is 9.59 Å². The molecule has 2 aliphatic heterocycles. The molecule has 1 N–H and O–H groups in total. The number of nitrogens with one attached hydrogen (secondary N) is 1. The molecule has 0 aliphatic carbocycles. The predicted octanol–water partition coefficient (Wildman–Crippen LogP) is 3.62. The molecule has 2 heterocycles. The first-order valence-electron chi connectivity index (χ1n) is 10.4. The van der Waals surface area contributed by atoms with Gasteiger partial charge in [-0.1, -0.05) is 11.6 Å². The third-order valence-electron chi connectivity index (χ3n) is 5.61. The number of fused-ring (bicyclic) bond motifs is 1. The second-order valence-corrected chi connectivity index (χ2v) is 7.74. The van der Waals surface area contributed by atoms with Crippen LogP contribution in [0.2, 0.25) is 0 Å². The van der Waals surface area contributed by atoms with Crippen molar-refractivity contribution in [3.8, 4) is 17.2 Å². The van der Waals surface area contributed by atoms with E-state index in [4.69, 9.17) is 14.2 Å². The number of hydrogen-bond acceptors (Lipinski definition) is 5. The standard InChI is InChI=1S/C24H26N2O5/c1-16-3-6-20(29-2)18(13-16)4-8-23(27)26-11-9-17(10-12-26)24(28)25-19-5-7-21-22(14-19)31-15-30-21/h3-8,13-14,17H,9-12,15H2,1-2H3,(H,25,28). The summed E-state index contributed by atoms with van der Waals surface area (Å²) in [6.45, 7) is 3.29. The number of rotatable bonds is 5. The first-order valence-corrected chi connectivity index (χ1v) is 10.4. The van der Waals surface area contributed by atoms with Gasteiger partial charge < -0.3 is 24.4 Å². The summed E-state index contributed by atoms with van der Waals surface area (Å²) in [7, 11) is 1.61. The molecule has 7 heteroatoms. The topological polar surface area (TPSA) is 77.1 Å². The average molecular weight is 422 g/mol. The van der Waals surface area contributed by atoms with E-state index in [0.29, 0.717) is 43.1 Å². The highest BCUT2D eigenvalue weighted by molar-refractivity contribution is 5.94. The Morgan fingerprint density at radius 1 is 1.10 bits per heavy atom. The Hall–Kier alpha value is -3.48. The monoisotopic (exact) mass is 422 g/mol. The number of carbonyl (C=O) groups is 2. The fourth-order valence-electron chi connectivity index (χ4n) is 3.83. The second kappa shape index (κ2) is 9.12. The maximum Gasteiger partial charge on any atom is 0.246 e. The van der Waals surface area contributed by atoms with Crippen LogP contribution in [-0.4, -0.2) is 43.7 Å². The Kier molecular flexibility index (Phi) is 6.11. The summed E-state index contributed by atoms with van der Waals surface area (Å²) < 4.78 is 16.0. The van der Waals surface area contributed by atoms with E-state index in [9.17, 15) is 9.59 Å². The first kappa shape index (κ1) is 20.8. The number of likely N-dealkylation sites (tertiary alicyclic amines) is 1. The number of hydrogen-bond donors (Lipinski definition) is 1. The zero-order chi connectivity index (χ0) is 21.8. The molecular weight excluding hydrogens is 396 g/mol. The van der Waals surface area contributed by atoms with Crippen LogP contribution in [0, 0.1) is 12.8 Å². The van der Waals surface area contributed by atoms with E-state index in [1.165, 1.54) is 0 Å². The summed E-state index contributed by atoms with van der Waals surface area (Å²) >= 11 is 0. The fourth-order valence-corrected chi connectivity index (χ4v) is 3.83. The molecule has 162 valence electrons. The van der Waals surface area contributed by atoms with Crippen molar-refractivity contribution in [2.24, 2.45) is 5.92 Å². The minimum Gasteiger partial charge on any atom is -0.496 e. The molecule has 0 spiro atoms. The molecule has 4 rings (SSSR count). The van der Waals surface area contributed by atoms with E-state index in [2.05, 4.69) is 5.32 Å². The summed E-state index contributed by atoms with van der Waals surface area (Å²) in [5.74, 6) is 1.82. The number of anilines is 1. The normalized spacial score (nSPS) is 15.9. The van der Waals surface area contributed by atoms with Crippen molar-refractivity contribution in [2.45, 2.75) is 19.8 Å². The molecule has 2 amide bonds. The van der Waals surface area contributed by atoms with Gasteiger partial charge in [0.2, 0.25) is 18.6 Å². The molecule has 7 nitrogen and oxygen atoms in total. The second-order valence-electron chi connectivity index (χ2n) is 7.74. The van der Waals surface area contributed by atoms with Crippen molar-refractivity contribution < 1.29 is 23.8 Å². The van der Waals surface area contributed by atoms with Gasteiger partial charge in [0.15, 0.2) is 11.5 Å². The summed E-state index contributed by atoms with van der Waals surface area (Å²) in [4.78, 5) is 27.0.